The third kappa shape index (κ3) is 4.42. The summed E-state index contributed by atoms with van der Waals surface area (Å²) in [4.78, 5) is 29.1. The van der Waals surface area contributed by atoms with Crippen LogP contribution in [0.4, 0.5) is 21.6 Å². The zero-order valence-electron chi connectivity index (χ0n) is 23.7. The van der Waals surface area contributed by atoms with Gasteiger partial charge in [0, 0.05) is 36.1 Å². The fourth-order valence-corrected chi connectivity index (χ4v) is 5.85. The number of benzene rings is 1. The molecular weight excluding hydrogens is 505 g/mol. The molecular formula is C31H36FN7O. The van der Waals surface area contributed by atoms with Gasteiger partial charge in [0.1, 0.15) is 5.52 Å². The summed E-state index contributed by atoms with van der Waals surface area (Å²) in [6.45, 7) is 12.1. The number of fused-ring (bicyclic) bond motifs is 2. The Bertz CT molecular complexity index is 1590. The first-order valence-electron chi connectivity index (χ1n) is 14.1. The standard InChI is InChI=1S/C31H36FN7O/c1-6-38-17-35-26-14-25(37-29(28(26)38)36-24-9-10-33-16-23(24)32)19-7-8-22-27(11-19)39(30(40)31(22,4)5)21-12-20(13-21)34-15-18(2)3/h7-11,14,16-18,20-21,34H,6,12-13,15H2,1-5H3,(H,33,36,37)/t20-,21+. The summed E-state index contributed by atoms with van der Waals surface area (Å²) >= 11 is 0. The van der Waals surface area contributed by atoms with Gasteiger partial charge in [-0.15, -0.1) is 0 Å². The van der Waals surface area contributed by atoms with Gasteiger partial charge >= 0.3 is 0 Å². The number of hydrogen-bond acceptors (Lipinski definition) is 6. The summed E-state index contributed by atoms with van der Waals surface area (Å²) in [6.07, 6.45) is 6.39. The van der Waals surface area contributed by atoms with E-state index in [-0.39, 0.29) is 11.9 Å². The van der Waals surface area contributed by atoms with Crippen molar-refractivity contribution in [1.82, 2.24) is 24.8 Å². The maximum Gasteiger partial charge on any atom is 0.237 e. The maximum absolute atomic E-state index is 14.5. The number of anilines is 3. The van der Waals surface area contributed by atoms with Crippen LogP contribution in [0, 0.1) is 11.7 Å². The number of nitrogens with zero attached hydrogens (tertiary/aromatic N) is 5. The number of imidazole rings is 1. The summed E-state index contributed by atoms with van der Waals surface area (Å²) in [7, 11) is 0. The SMILES string of the molecule is CCn1cnc2cc(-c3ccc4c(c3)N([C@H]3C[C@@H](NCC(C)C)C3)C(=O)C4(C)C)nc(Nc3ccncc3F)c21. The number of carbonyl (C=O) groups is 1. The third-order valence-corrected chi connectivity index (χ3v) is 8.24. The van der Waals surface area contributed by atoms with Gasteiger partial charge in [0.05, 0.1) is 34.8 Å². The molecule has 0 unspecified atom stereocenters. The second kappa shape index (κ2) is 9.96. The smallest absolute Gasteiger partial charge is 0.237 e. The highest BCUT2D eigenvalue weighted by Crippen LogP contribution is 2.47. The second-order valence-corrected chi connectivity index (χ2v) is 11.9. The van der Waals surface area contributed by atoms with Gasteiger partial charge in [0.15, 0.2) is 11.6 Å². The Hall–Kier alpha value is -3.85. The van der Waals surface area contributed by atoms with Crippen LogP contribution in [0.25, 0.3) is 22.3 Å². The highest BCUT2D eigenvalue weighted by Gasteiger charge is 2.49. The number of aryl methyl sites for hydroxylation is 1. The molecule has 1 fully saturated rings. The van der Waals surface area contributed by atoms with Crippen molar-refractivity contribution >= 4 is 34.1 Å². The minimum Gasteiger partial charge on any atom is -0.336 e. The van der Waals surface area contributed by atoms with Crippen molar-refractivity contribution in [2.45, 2.75) is 71.5 Å². The van der Waals surface area contributed by atoms with Crippen LogP contribution in [-0.2, 0) is 16.8 Å². The van der Waals surface area contributed by atoms with E-state index in [1.807, 2.05) is 42.4 Å². The van der Waals surface area contributed by atoms with Crippen LogP contribution < -0.4 is 15.5 Å². The molecule has 208 valence electrons. The van der Waals surface area contributed by atoms with E-state index in [0.29, 0.717) is 35.7 Å². The molecule has 4 heterocycles. The first-order chi connectivity index (χ1) is 19.2. The molecule has 40 heavy (non-hydrogen) atoms. The Labute approximate surface area is 234 Å². The molecule has 0 spiro atoms. The van der Waals surface area contributed by atoms with Crippen LogP contribution in [0.15, 0.2) is 49.1 Å². The van der Waals surface area contributed by atoms with Crippen molar-refractivity contribution in [2.75, 3.05) is 16.8 Å². The largest absolute Gasteiger partial charge is 0.336 e. The van der Waals surface area contributed by atoms with Gasteiger partial charge in [-0.2, -0.15) is 0 Å². The molecule has 1 aliphatic heterocycles. The summed E-state index contributed by atoms with van der Waals surface area (Å²) in [5, 5.41) is 6.80. The predicted molar refractivity (Wildman–Crippen MR) is 156 cm³/mol. The normalized spacial score (nSPS) is 19.8. The lowest BCUT2D eigenvalue weighted by Crippen LogP contribution is -2.55. The van der Waals surface area contributed by atoms with Gasteiger partial charge in [-0.3, -0.25) is 9.78 Å². The lowest BCUT2D eigenvalue weighted by Gasteiger charge is -2.42. The molecule has 3 aromatic heterocycles. The van der Waals surface area contributed by atoms with E-state index in [4.69, 9.17) is 4.98 Å². The summed E-state index contributed by atoms with van der Waals surface area (Å²) in [6, 6.07) is 10.3. The molecule has 0 atom stereocenters. The lowest BCUT2D eigenvalue weighted by atomic mass is 9.84. The van der Waals surface area contributed by atoms with Crippen molar-refractivity contribution < 1.29 is 9.18 Å². The molecule has 0 saturated heterocycles. The van der Waals surface area contributed by atoms with Crippen LogP contribution in [0.1, 0.15) is 53.0 Å². The number of halogens is 1. The number of rotatable bonds is 8. The Kier molecular flexibility index (Phi) is 6.57. The lowest BCUT2D eigenvalue weighted by molar-refractivity contribution is -0.123. The Morgan fingerprint density at radius 2 is 1.98 bits per heavy atom. The molecule has 0 bridgehead atoms. The van der Waals surface area contributed by atoms with E-state index in [9.17, 15) is 9.18 Å². The minimum atomic E-state index is -0.590. The van der Waals surface area contributed by atoms with E-state index >= 15 is 0 Å². The molecule has 1 aromatic carbocycles. The summed E-state index contributed by atoms with van der Waals surface area (Å²) < 4.78 is 16.5. The number of hydrogen-bond donors (Lipinski definition) is 2. The topological polar surface area (TPSA) is 88.0 Å². The van der Waals surface area contributed by atoms with Gasteiger partial charge in [-0.05, 0) is 69.8 Å². The molecule has 8 nitrogen and oxygen atoms in total. The predicted octanol–water partition coefficient (Wildman–Crippen LogP) is 5.80. The van der Waals surface area contributed by atoms with Crippen molar-refractivity contribution in [3.05, 3.63) is 60.4 Å². The van der Waals surface area contributed by atoms with Crippen LogP contribution in [0.5, 0.6) is 0 Å². The van der Waals surface area contributed by atoms with E-state index in [0.717, 1.165) is 47.2 Å². The summed E-state index contributed by atoms with van der Waals surface area (Å²) in [5.41, 5.74) is 4.84. The maximum atomic E-state index is 14.5. The molecule has 2 aliphatic rings. The van der Waals surface area contributed by atoms with Crippen LogP contribution >= 0.6 is 0 Å². The van der Waals surface area contributed by atoms with E-state index in [1.54, 1.807) is 18.6 Å². The Morgan fingerprint density at radius 1 is 1.18 bits per heavy atom. The second-order valence-electron chi connectivity index (χ2n) is 11.9. The molecule has 6 rings (SSSR count). The number of aromatic nitrogens is 4. The fourth-order valence-electron chi connectivity index (χ4n) is 5.85. The summed E-state index contributed by atoms with van der Waals surface area (Å²) in [5.74, 6) is 0.801. The molecule has 2 N–H and O–H groups in total. The quantitative estimate of drug-likeness (QED) is 0.293. The van der Waals surface area contributed by atoms with Crippen LogP contribution in [-0.4, -0.2) is 44.1 Å². The van der Waals surface area contributed by atoms with E-state index in [1.165, 1.54) is 6.20 Å². The zero-order chi connectivity index (χ0) is 28.2. The fraction of sp³-hybridized carbons (Fsp3) is 0.419. The highest BCUT2D eigenvalue weighted by molar-refractivity contribution is 6.08. The Morgan fingerprint density at radius 3 is 2.70 bits per heavy atom. The number of nitrogens with one attached hydrogen (secondary N) is 2. The minimum absolute atomic E-state index is 0.146. The number of carbonyl (C=O) groups excluding carboxylic acids is 1. The molecule has 9 heteroatoms. The molecule has 1 saturated carbocycles. The molecule has 4 aromatic rings. The van der Waals surface area contributed by atoms with Crippen LogP contribution in [0.2, 0.25) is 0 Å². The first-order valence-corrected chi connectivity index (χ1v) is 14.1. The van der Waals surface area contributed by atoms with Gasteiger partial charge < -0.3 is 20.1 Å². The highest BCUT2D eigenvalue weighted by atomic mass is 19.1. The van der Waals surface area contributed by atoms with Gasteiger partial charge in [-0.25, -0.2) is 14.4 Å². The van der Waals surface area contributed by atoms with E-state index in [2.05, 4.69) is 46.6 Å². The van der Waals surface area contributed by atoms with E-state index < -0.39 is 11.2 Å². The van der Waals surface area contributed by atoms with Gasteiger partial charge in [0.2, 0.25) is 5.91 Å². The van der Waals surface area contributed by atoms with Crippen molar-refractivity contribution in [3.63, 3.8) is 0 Å². The molecule has 1 aliphatic carbocycles. The molecule has 1 amide bonds. The Balaban J connectivity index is 1.38. The molecule has 0 radical (unpaired) electrons. The van der Waals surface area contributed by atoms with Crippen molar-refractivity contribution in [2.24, 2.45) is 5.92 Å². The third-order valence-electron chi connectivity index (χ3n) is 8.24. The average Bonchev–Trinajstić information content (AvgIpc) is 3.41. The van der Waals surface area contributed by atoms with Crippen LogP contribution in [0.3, 0.4) is 0 Å². The number of pyridine rings is 2. The van der Waals surface area contributed by atoms with Crippen molar-refractivity contribution in [1.29, 1.82) is 0 Å². The van der Waals surface area contributed by atoms with Gasteiger partial charge in [-0.1, -0.05) is 26.0 Å². The van der Waals surface area contributed by atoms with Gasteiger partial charge in [0.25, 0.3) is 0 Å². The first kappa shape index (κ1) is 26.4. The average molecular weight is 542 g/mol. The van der Waals surface area contributed by atoms with Crippen molar-refractivity contribution in [3.8, 4) is 11.3 Å². The number of amides is 1. The zero-order valence-corrected chi connectivity index (χ0v) is 23.7. The monoisotopic (exact) mass is 541 g/mol.